The fourth-order valence-corrected chi connectivity index (χ4v) is 1.65. The van der Waals surface area contributed by atoms with E-state index in [1.54, 1.807) is 6.92 Å². The molecule has 0 heterocycles. The van der Waals surface area contributed by atoms with Crippen LogP contribution >= 0.6 is 0 Å². The van der Waals surface area contributed by atoms with E-state index in [2.05, 4.69) is 10.6 Å². The summed E-state index contributed by atoms with van der Waals surface area (Å²) in [7, 11) is 3.86. The standard InChI is InChI=1S/C12H19FN2/c1-9-8-10(4-5-11(9)13)12(15-3)6-7-14-2/h4-5,8,12,14-15H,6-7H2,1-3H3. The van der Waals surface area contributed by atoms with Crippen molar-refractivity contribution in [3.8, 4) is 0 Å². The van der Waals surface area contributed by atoms with Crippen LogP contribution in [0.5, 0.6) is 0 Å². The molecular formula is C12H19FN2. The highest BCUT2D eigenvalue weighted by atomic mass is 19.1. The molecule has 0 aromatic heterocycles. The Morgan fingerprint density at radius 3 is 2.60 bits per heavy atom. The van der Waals surface area contributed by atoms with Crippen LogP contribution in [0, 0.1) is 12.7 Å². The van der Waals surface area contributed by atoms with Crippen LogP contribution in [0.2, 0.25) is 0 Å². The molecule has 1 unspecified atom stereocenters. The summed E-state index contributed by atoms with van der Waals surface area (Å²) in [6.45, 7) is 2.74. The minimum atomic E-state index is -0.137. The van der Waals surface area contributed by atoms with Gasteiger partial charge in [0.25, 0.3) is 0 Å². The molecule has 0 amide bonds. The number of nitrogens with one attached hydrogen (secondary N) is 2. The van der Waals surface area contributed by atoms with Gasteiger partial charge in [-0.3, -0.25) is 0 Å². The molecule has 0 fully saturated rings. The molecule has 0 saturated heterocycles. The molecule has 0 bridgehead atoms. The van der Waals surface area contributed by atoms with E-state index in [9.17, 15) is 4.39 Å². The summed E-state index contributed by atoms with van der Waals surface area (Å²) in [5.74, 6) is -0.137. The smallest absolute Gasteiger partial charge is 0.126 e. The Bertz CT molecular complexity index is 312. The largest absolute Gasteiger partial charge is 0.320 e. The van der Waals surface area contributed by atoms with Gasteiger partial charge in [-0.1, -0.05) is 12.1 Å². The average Bonchev–Trinajstić information content (AvgIpc) is 2.24. The van der Waals surface area contributed by atoms with Gasteiger partial charge in [-0.2, -0.15) is 0 Å². The molecule has 2 N–H and O–H groups in total. The molecule has 15 heavy (non-hydrogen) atoms. The molecule has 2 nitrogen and oxygen atoms in total. The zero-order valence-corrected chi connectivity index (χ0v) is 9.60. The van der Waals surface area contributed by atoms with Crippen molar-refractivity contribution in [2.24, 2.45) is 0 Å². The van der Waals surface area contributed by atoms with Crippen LogP contribution in [0.15, 0.2) is 18.2 Å². The van der Waals surface area contributed by atoms with Crippen molar-refractivity contribution in [3.63, 3.8) is 0 Å². The van der Waals surface area contributed by atoms with E-state index >= 15 is 0 Å². The number of aryl methyl sites for hydroxylation is 1. The zero-order valence-electron chi connectivity index (χ0n) is 9.60. The van der Waals surface area contributed by atoms with Crippen LogP contribution in [0.4, 0.5) is 4.39 Å². The lowest BCUT2D eigenvalue weighted by molar-refractivity contribution is 0.530. The molecule has 84 valence electrons. The van der Waals surface area contributed by atoms with E-state index < -0.39 is 0 Å². The lowest BCUT2D eigenvalue weighted by Crippen LogP contribution is -2.21. The second-order valence-corrected chi connectivity index (χ2v) is 3.74. The molecule has 1 aromatic rings. The van der Waals surface area contributed by atoms with Gasteiger partial charge in [0.05, 0.1) is 0 Å². The monoisotopic (exact) mass is 210 g/mol. The third-order valence-electron chi connectivity index (χ3n) is 2.62. The predicted molar refractivity (Wildman–Crippen MR) is 61.5 cm³/mol. The Hall–Kier alpha value is -0.930. The van der Waals surface area contributed by atoms with Gasteiger partial charge in [0, 0.05) is 6.04 Å². The fourth-order valence-electron chi connectivity index (χ4n) is 1.65. The second kappa shape index (κ2) is 5.83. The Morgan fingerprint density at radius 1 is 1.33 bits per heavy atom. The Labute approximate surface area is 90.9 Å². The maximum Gasteiger partial charge on any atom is 0.126 e. The first kappa shape index (κ1) is 12.1. The van der Waals surface area contributed by atoms with E-state index in [1.807, 2.05) is 26.2 Å². The summed E-state index contributed by atoms with van der Waals surface area (Å²) >= 11 is 0. The molecule has 1 atom stereocenters. The van der Waals surface area contributed by atoms with E-state index in [0.29, 0.717) is 5.56 Å². The highest BCUT2D eigenvalue weighted by Crippen LogP contribution is 2.18. The molecule has 0 saturated carbocycles. The van der Waals surface area contributed by atoms with Crippen molar-refractivity contribution in [1.82, 2.24) is 10.6 Å². The molecule has 1 rings (SSSR count). The first-order valence-electron chi connectivity index (χ1n) is 5.27. The van der Waals surface area contributed by atoms with Crippen LogP contribution in [0.25, 0.3) is 0 Å². The minimum Gasteiger partial charge on any atom is -0.320 e. The lowest BCUT2D eigenvalue weighted by atomic mass is 10.0. The number of hydrogen-bond donors (Lipinski definition) is 2. The Morgan fingerprint density at radius 2 is 2.07 bits per heavy atom. The summed E-state index contributed by atoms with van der Waals surface area (Å²) in [6, 6.07) is 5.58. The molecule has 0 aliphatic rings. The fraction of sp³-hybridized carbons (Fsp3) is 0.500. The summed E-state index contributed by atoms with van der Waals surface area (Å²) < 4.78 is 13.1. The molecular weight excluding hydrogens is 191 g/mol. The minimum absolute atomic E-state index is 0.137. The van der Waals surface area contributed by atoms with Crippen molar-refractivity contribution >= 4 is 0 Å². The van der Waals surface area contributed by atoms with E-state index in [0.717, 1.165) is 18.5 Å². The van der Waals surface area contributed by atoms with Crippen molar-refractivity contribution in [2.75, 3.05) is 20.6 Å². The zero-order chi connectivity index (χ0) is 11.3. The highest BCUT2D eigenvalue weighted by molar-refractivity contribution is 5.26. The van der Waals surface area contributed by atoms with E-state index in [-0.39, 0.29) is 11.9 Å². The van der Waals surface area contributed by atoms with Crippen LogP contribution in [0.1, 0.15) is 23.6 Å². The SMILES string of the molecule is CNCCC(NC)c1ccc(F)c(C)c1. The van der Waals surface area contributed by atoms with Gasteiger partial charge in [-0.15, -0.1) is 0 Å². The lowest BCUT2D eigenvalue weighted by Gasteiger charge is -2.17. The van der Waals surface area contributed by atoms with Gasteiger partial charge in [-0.05, 0) is 51.2 Å². The number of halogens is 1. The van der Waals surface area contributed by atoms with Gasteiger partial charge < -0.3 is 10.6 Å². The molecule has 1 aromatic carbocycles. The maximum atomic E-state index is 13.1. The predicted octanol–water partition coefficient (Wildman–Crippen LogP) is 2.00. The normalized spacial score (nSPS) is 12.8. The maximum absolute atomic E-state index is 13.1. The van der Waals surface area contributed by atoms with Gasteiger partial charge in [0.1, 0.15) is 5.82 Å². The molecule has 0 spiro atoms. The topological polar surface area (TPSA) is 24.1 Å². The number of benzene rings is 1. The molecule has 3 heteroatoms. The third-order valence-corrected chi connectivity index (χ3v) is 2.62. The van der Waals surface area contributed by atoms with Crippen molar-refractivity contribution in [3.05, 3.63) is 35.1 Å². The summed E-state index contributed by atoms with van der Waals surface area (Å²) in [6.07, 6.45) is 0.998. The molecule has 0 aliphatic carbocycles. The first-order valence-corrected chi connectivity index (χ1v) is 5.27. The van der Waals surface area contributed by atoms with Gasteiger partial charge in [-0.25, -0.2) is 4.39 Å². The number of rotatable bonds is 5. The van der Waals surface area contributed by atoms with Crippen LogP contribution in [0.3, 0.4) is 0 Å². The van der Waals surface area contributed by atoms with Crippen LogP contribution < -0.4 is 10.6 Å². The van der Waals surface area contributed by atoms with Crippen molar-refractivity contribution < 1.29 is 4.39 Å². The second-order valence-electron chi connectivity index (χ2n) is 3.74. The summed E-state index contributed by atoms with van der Waals surface area (Å²) in [4.78, 5) is 0. The Kier molecular flexibility index (Phi) is 4.72. The van der Waals surface area contributed by atoms with E-state index in [4.69, 9.17) is 0 Å². The van der Waals surface area contributed by atoms with Gasteiger partial charge in [0.2, 0.25) is 0 Å². The van der Waals surface area contributed by atoms with Crippen LogP contribution in [-0.4, -0.2) is 20.6 Å². The summed E-state index contributed by atoms with van der Waals surface area (Å²) in [5.41, 5.74) is 1.85. The third kappa shape index (κ3) is 3.29. The quantitative estimate of drug-likeness (QED) is 0.776. The first-order chi connectivity index (χ1) is 7.19. The van der Waals surface area contributed by atoms with Crippen molar-refractivity contribution in [1.29, 1.82) is 0 Å². The highest BCUT2D eigenvalue weighted by Gasteiger charge is 2.09. The molecule has 0 aliphatic heterocycles. The van der Waals surface area contributed by atoms with Crippen LogP contribution in [-0.2, 0) is 0 Å². The Balaban J connectivity index is 2.78. The summed E-state index contributed by atoms with van der Waals surface area (Å²) in [5, 5.41) is 6.35. The molecule has 0 radical (unpaired) electrons. The number of hydrogen-bond acceptors (Lipinski definition) is 2. The average molecular weight is 210 g/mol. The van der Waals surface area contributed by atoms with Crippen molar-refractivity contribution in [2.45, 2.75) is 19.4 Å². The van der Waals surface area contributed by atoms with Gasteiger partial charge in [0.15, 0.2) is 0 Å². The van der Waals surface area contributed by atoms with Gasteiger partial charge >= 0.3 is 0 Å². The van der Waals surface area contributed by atoms with E-state index in [1.165, 1.54) is 6.07 Å².